The van der Waals surface area contributed by atoms with Crippen molar-refractivity contribution in [2.24, 2.45) is 0 Å². The van der Waals surface area contributed by atoms with Crippen molar-refractivity contribution in [3.8, 4) is 0 Å². The number of hydrogen-bond acceptors (Lipinski definition) is 5. The van der Waals surface area contributed by atoms with Gasteiger partial charge >= 0.3 is 5.97 Å². The third kappa shape index (κ3) is 5.42. The fraction of sp³-hybridized carbons (Fsp3) is 0.333. The molecule has 1 amide bonds. The van der Waals surface area contributed by atoms with E-state index in [9.17, 15) is 18.0 Å². The molecule has 1 atom stereocenters. The number of sulfone groups is 1. The molecular formula is C21H23NO5S. The van der Waals surface area contributed by atoms with Crippen molar-refractivity contribution in [1.29, 1.82) is 0 Å². The van der Waals surface area contributed by atoms with E-state index in [4.69, 9.17) is 4.74 Å². The third-order valence-corrected chi connectivity index (χ3v) is 5.49. The first-order chi connectivity index (χ1) is 13.3. The lowest BCUT2D eigenvalue weighted by Crippen LogP contribution is -2.34. The Bertz CT molecular complexity index is 984. The Morgan fingerprint density at radius 2 is 1.93 bits per heavy atom. The lowest BCUT2D eigenvalue weighted by molar-refractivity contribution is -0.125. The van der Waals surface area contributed by atoms with Crippen LogP contribution in [-0.4, -0.2) is 33.2 Å². The minimum Gasteiger partial charge on any atom is -0.452 e. The number of fused-ring (bicyclic) bond motifs is 1. The molecule has 0 aromatic heterocycles. The lowest BCUT2D eigenvalue weighted by atomic mass is 9.88. The zero-order valence-corrected chi connectivity index (χ0v) is 16.5. The summed E-state index contributed by atoms with van der Waals surface area (Å²) in [6, 6.07) is 14.2. The highest BCUT2D eigenvalue weighted by atomic mass is 32.2. The second-order valence-corrected chi connectivity index (χ2v) is 9.20. The van der Waals surface area contributed by atoms with Gasteiger partial charge in [0.15, 0.2) is 16.4 Å². The molecule has 0 bridgehead atoms. The van der Waals surface area contributed by atoms with Crippen LogP contribution < -0.4 is 5.32 Å². The minimum absolute atomic E-state index is 0.0748. The van der Waals surface area contributed by atoms with Crippen molar-refractivity contribution in [2.75, 3.05) is 12.9 Å². The average molecular weight is 401 g/mol. The molecule has 2 aromatic rings. The largest absolute Gasteiger partial charge is 0.452 e. The second kappa shape index (κ2) is 8.56. The molecule has 6 nitrogen and oxygen atoms in total. The average Bonchev–Trinajstić information content (AvgIpc) is 2.65. The monoisotopic (exact) mass is 401 g/mol. The molecule has 0 saturated carbocycles. The molecule has 1 aliphatic carbocycles. The number of esters is 1. The van der Waals surface area contributed by atoms with Crippen LogP contribution in [0.25, 0.3) is 0 Å². The van der Waals surface area contributed by atoms with Gasteiger partial charge < -0.3 is 10.1 Å². The van der Waals surface area contributed by atoms with E-state index in [1.807, 2.05) is 18.2 Å². The van der Waals surface area contributed by atoms with Crippen molar-refractivity contribution in [3.63, 3.8) is 0 Å². The number of nitrogens with one attached hydrogen (secondary N) is 1. The summed E-state index contributed by atoms with van der Waals surface area (Å²) < 4.78 is 27.9. The van der Waals surface area contributed by atoms with Crippen molar-refractivity contribution in [3.05, 3.63) is 70.8 Å². The quantitative estimate of drug-likeness (QED) is 0.752. The normalized spacial score (nSPS) is 16.1. The van der Waals surface area contributed by atoms with Crippen LogP contribution >= 0.6 is 0 Å². The minimum atomic E-state index is -3.20. The molecule has 0 aliphatic heterocycles. The predicted molar refractivity (Wildman–Crippen MR) is 106 cm³/mol. The summed E-state index contributed by atoms with van der Waals surface area (Å²) in [7, 11) is -3.20. The molecule has 1 N–H and O–H groups in total. The number of amides is 1. The van der Waals surface area contributed by atoms with E-state index in [1.54, 1.807) is 12.1 Å². The number of carbonyl (C=O) groups excluding carboxylic acids is 2. The van der Waals surface area contributed by atoms with Crippen LogP contribution in [0.1, 0.15) is 45.9 Å². The van der Waals surface area contributed by atoms with Crippen LogP contribution in [0.3, 0.4) is 0 Å². The van der Waals surface area contributed by atoms with Gasteiger partial charge in [0, 0.05) is 6.26 Å². The van der Waals surface area contributed by atoms with Crippen LogP contribution in [0.2, 0.25) is 0 Å². The number of aryl methyl sites for hydroxylation is 1. The van der Waals surface area contributed by atoms with Gasteiger partial charge in [-0.05, 0) is 48.1 Å². The zero-order valence-electron chi connectivity index (χ0n) is 15.7. The molecular weight excluding hydrogens is 378 g/mol. The van der Waals surface area contributed by atoms with Gasteiger partial charge in [0.05, 0.1) is 17.4 Å². The molecule has 0 spiro atoms. The first-order valence-electron chi connectivity index (χ1n) is 9.13. The van der Waals surface area contributed by atoms with E-state index in [0.29, 0.717) is 5.56 Å². The van der Waals surface area contributed by atoms with E-state index < -0.39 is 15.8 Å². The smallest absolute Gasteiger partial charge is 0.338 e. The first kappa shape index (κ1) is 20.1. The number of benzene rings is 2. The lowest BCUT2D eigenvalue weighted by Gasteiger charge is -2.26. The van der Waals surface area contributed by atoms with Crippen LogP contribution in [0.5, 0.6) is 0 Å². The second-order valence-electron chi connectivity index (χ2n) is 7.06. The van der Waals surface area contributed by atoms with Gasteiger partial charge in [0.2, 0.25) is 0 Å². The van der Waals surface area contributed by atoms with Crippen molar-refractivity contribution in [2.45, 2.75) is 31.1 Å². The Morgan fingerprint density at radius 1 is 1.14 bits per heavy atom. The number of rotatable bonds is 6. The van der Waals surface area contributed by atoms with Gasteiger partial charge in [-0.25, -0.2) is 13.2 Å². The molecule has 7 heteroatoms. The topological polar surface area (TPSA) is 89.5 Å². The summed E-state index contributed by atoms with van der Waals surface area (Å²) in [4.78, 5) is 24.4. The SMILES string of the molecule is CS(=O)(=O)Cc1cccc(C(=O)OCC(=O)N[C@@H]2CCCc3ccccc32)c1. The van der Waals surface area contributed by atoms with Crippen LogP contribution in [-0.2, 0) is 31.5 Å². The molecule has 28 heavy (non-hydrogen) atoms. The van der Waals surface area contributed by atoms with E-state index >= 15 is 0 Å². The van der Waals surface area contributed by atoms with Crippen molar-refractivity contribution in [1.82, 2.24) is 5.32 Å². The van der Waals surface area contributed by atoms with Crippen LogP contribution in [0, 0.1) is 0 Å². The first-order valence-corrected chi connectivity index (χ1v) is 11.2. The highest BCUT2D eigenvalue weighted by molar-refractivity contribution is 7.89. The maximum atomic E-state index is 12.2. The maximum absolute atomic E-state index is 12.2. The molecule has 0 radical (unpaired) electrons. The Balaban J connectivity index is 1.57. The highest BCUT2D eigenvalue weighted by Crippen LogP contribution is 2.29. The summed E-state index contributed by atoms with van der Waals surface area (Å²) in [5, 5.41) is 2.93. The van der Waals surface area contributed by atoms with Gasteiger partial charge in [0.1, 0.15) is 0 Å². The summed E-state index contributed by atoms with van der Waals surface area (Å²) in [6.07, 6.45) is 3.98. The number of hydrogen-bond donors (Lipinski definition) is 1. The fourth-order valence-electron chi connectivity index (χ4n) is 3.45. The highest BCUT2D eigenvalue weighted by Gasteiger charge is 2.22. The van der Waals surface area contributed by atoms with Gasteiger partial charge in [-0.3, -0.25) is 4.79 Å². The molecule has 0 saturated heterocycles. The van der Waals surface area contributed by atoms with Gasteiger partial charge in [-0.15, -0.1) is 0 Å². The summed E-state index contributed by atoms with van der Waals surface area (Å²) >= 11 is 0. The van der Waals surface area contributed by atoms with Gasteiger partial charge in [-0.2, -0.15) is 0 Å². The summed E-state index contributed by atoms with van der Waals surface area (Å²) in [6.45, 7) is -0.381. The Hall–Kier alpha value is -2.67. The molecule has 0 unspecified atom stereocenters. The molecule has 1 aliphatic rings. The van der Waals surface area contributed by atoms with Crippen molar-refractivity contribution < 1.29 is 22.7 Å². The molecule has 2 aromatic carbocycles. The summed E-state index contributed by atoms with van der Waals surface area (Å²) in [5.74, 6) is -1.17. The zero-order chi connectivity index (χ0) is 20.1. The van der Waals surface area contributed by atoms with Gasteiger partial charge in [-0.1, -0.05) is 36.4 Å². The van der Waals surface area contributed by atoms with E-state index in [0.717, 1.165) is 31.1 Å². The number of carbonyl (C=O) groups is 2. The summed E-state index contributed by atoms with van der Waals surface area (Å²) in [5.41, 5.74) is 3.07. The van der Waals surface area contributed by atoms with Crippen LogP contribution in [0.4, 0.5) is 0 Å². The molecule has 0 heterocycles. The van der Waals surface area contributed by atoms with E-state index in [-0.39, 0.29) is 29.9 Å². The standard InChI is InChI=1S/C21H23NO5S/c1-28(25,26)14-15-6-4-9-17(12-15)21(24)27-13-20(23)22-19-11-5-8-16-7-2-3-10-18(16)19/h2-4,6-7,9-10,12,19H,5,8,11,13-14H2,1H3,(H,22,23)/t19-/m1/s1. The Kier molecular flexibility index (Phi) is 6.14. The fourth-order valence-corrected chi connectivity index (χ4v) is 4.23. The van der Waals surface area contributed by atoms with Gasteiger partial charge in [0.25, 0.3) is 5.91 Å². The third-order valence-electron chi connectivity index (χ3n) is 4.63. The Labute approximate surface area is 164 Å². The molecule has 0 fully saturated rings. The Morgan fingerprint density at radius 3 is 2.71 bits per heavy atom. The maximum Gasteiger partial charge on any atom is 0.338 e. The van der Waals surface area contributed by atoms with E-state index in [1.165, 1.54) is 17.7 Å². The molecule has 3 rings (SSSR count). The van der Waals surface area contributed by atoms with Crippen molar-refractivity contribution >= 4 is 21.7 Å². The molecule has 148 valence electrons. The van der Waals surface area contributed by atoms with E-state index in [2.05, 4.69) is 11.4 Å². The predicted octanol–water partition coefficient (Wildman–Crippen LogP) is 2.58. The number of ether oxygens (including phenoxy) is 1. The van der Waals surface area contributed by atoms with Crippen LogP contribution in [0.15, 0.2) is 48.5 Å².